The molecular formula is C13H15N3O2S. The smallest absolute Gasteiger partial charge is 0.252 e. The number of fused-ring (bicyclic) bond motifs is 1. The van der Waals surface area contributed by atoms with Crippen LogP contribution < -0.4 is 11.1 Å². The molecule has 3 N–H and O–H groups in total. The standard InChI is InChI=1S/C13H15N3O2S/c14-8-4-5-10-11(6-8)19-13(15-10)16-12(17)7-18-9-2-1-3-9/h4-6,9H,1-3,7,14H2,(H,15,16,17). The molecule has 0 saturated heterocycles. The molecule has 1 saturated carbocycles. The van der Waals surface area contributed by atoms with Crippen molar-refractivity contribution in [1.82, 2.24) is 4.98 Å². The fraction of sp³-hybridized carbons (Fsp3) is 0.385. The van der Waals surface area contributed by atoms with Gasteiger partial charge in [0, 0.05) is 5.69 Å². The van der Waals surface area contributed by atoms with Crippen molar-refractivity contribution in [3.05, 3.63) is 18.2 Å². The van der Waals surface area contributed by atoms with E-state index in [9.17, 15) is 4.79 Å². The lowest BCUT2D eigenvalue weighted by Gasteiger charge is -2.24. The fourth-order valence-corrected chi connectivity index (χ4v) is 2.81. The summed E-state index contributed by atoms with van der Waals surface area (Å²) in [6.45, 7) is 0.0999. The number of carbonyl (C=O) groups is 1. The van der Waals surface area contributed by atoms with E-state index in [2.05, 4.69) is 10.3 Å². The Morgan fingerprint density at radius 2 is 2.37 bits per heavy atom. The number of hydrogen-bond acceptors (Lipinski definition) is 5. The summed E-state index contributed by atoms with van der Waals surface area (Å²) in [5, 5.41) is 3.34. The predicted molar refractivity (Wildman–Crippen MR) is 76.3 cm³/mol. The van der Waals surface area contributed by atoms with E-state index in [0.29, 0.717) is 10.8 Å². The summed E-state index contributed by atoms with van der Waals surface area (Å²) >= 11 is 1.42. The maximum atomic E-state index is 11.7. The van der Waals surface area contributed by atoms with E-state index in [-0.39, 0.29) is 18.6 Å². The summed E-state index contributed by atoms with van der Waals surface area (Å²) in [6.07, 6.45) is 3.59. The van der Waals surface area contributed by atoms with E-state index < -0.39 is 0 Å². The number of anilines is 2. The molecule has 0 bridgehead atoms. The van der Waals surface area contributed by atoms with Crippen molar-refractivity contribution in [2.75, 3.05) is 17.7 Å². The van der Waals surface area contributed by atoms with Gasteiger partial charge in [-0.3, -0.25) is 10.1 Å². The molecule has 0 atom stereocenters. The molecule has 1 aromatic heterocycles. The highest BCUT2D eigenvalue weighted by molar-refractivity contribution is 7.22. The Bertz CT molecular complexity index is 607. The Kier molecular flexibility index (Phi) is 3.35. The quantitative estimate of drug-likeness (QED) is 0.841. The number of nitrogen functional groups attached to an aromatic ring is 1. The number of ether oxygens (including phenoxy) is 1. The lowest BCUT2D eigenvalue weighted by Crippen LogP contribution is -2.27. The van der Waals surface area contributed by atoms with E-state index in [1.165, 1.54) is 17.8 Å². The second-order valence-electron chi connectivity index (χ2n) is 4.66. The molecule has 3 rings (SSSR count). The van der Waals surface area contributed by atoms with Crippen LogP contribution in [0.25, 0.3) is 10.2 Å². The molecule has 1 aliphatic rings. The van der Waals surface area contributed by atoms with Crippen molar-refractivity contribution in [2.45, 2.75) is 25.4 Å². The number of rotatable bonds is 4. The van der Waals surface area contributed by atoms with Gasteiger partial charge in [-0.2, -0.15) is 0 Å². The number of nitrogens with one attached hydrogen (secondary N) is 1. The van der Waals surface area contributed by atoms with E-state index >= 15 is 0 Å². The Morgan fingerprint density at radius 3 is 3.11 bits per heavy atom. The number of carbonyl (C=O) groups excluding carboxylic acids is 1. The van der Waals surface area contributed by atoms with Crippen LogP contribution in [0.5, 0.6) is 0 Å². The number of benzene rings is 1. The SMILES string of the molecule is Nc1ccc2nc(NC(=O)COC3CCC3)sc2c1. The summed E-state index contributed by atoms with van der Waals surface area (Å²) in [4.78, 5) is 16.0. The maximum absolute atomic E-state index is 11.7. The molecular weight excluding hydrogens is 262 g/mol. The first kappa shape index (κ1) is 12.4. The summed E-state index contributed by atoms with van der Waals surface area (Å²) in [7, 11) is 0. The minimum Gasteiger partial charge on any atom is -0.399 e. The molecule has 1 aromatic carbocycles. The first-order chi connectivity index (χ1) is 9.20. The Hall–Kier alpha value is -1.66. The molecule has 6 heteroatoms. The van der Waals surface area contributed by atoms with Gasteiger partial charge >= 0.3 is 0 Å². The normalized spacial score (nSPS) is 15.4. The van der Waals surface area contributed by atoms with Crippen LogP contribution >= 0.6 is 11.3 Å². The minimum atomic E-state index is -0.154. The minimum absolute atomic E-state index is 0.0999. The zero-order valence-corrected chi connectivity index (χ0v) is 11.2. The summed E-state index contributed by atoms with van der Waals surface area (Å²) < 4.78 is 6.42. The molecule has 1 heterocycles. The van der Waals surface area contributed by atoms with Gasteiger partial charge in [-0.05, 0) is 37.5 Å². The zero-order chi connectivity index (χ0) is 13.2. The molecule has 0 aliphatic heterocycles. The zero-order valence-electron chi connectivity index (χ0n) is 10.4. The van der Waals surface area contributed by atoms with Crippen LogP contribution in [-0.4, -0.2) is 23.6 Å². The van der Waals surface area contributed by atoms with Gasteiger partial charge in [0.05, 0.1) is 16.3 Å². The lowest BCUT2D eigenvalue weighted by molar-refractivity contribution is -0.124. The highest BCUT2D eigenvalue weighted by Crippen LogP contribution is 2.27. The van der Waals surface area contributed by atoms with E-state index in [1.807, 2.05) is 12.1 Å². The first-order valence-corrected chi connectivity index (χ1v) is 7.10. The maximum Gasteiger partial charge on any atom is 0.252 e. The number of aromatic nitrogens is 1. The number of hydrogen-bond donors (Lipinski definition) is 2. The Labute approximate surface area is 114 Å². The van der Waals surface area contributed by atoms with Crippen LogP contribution in [0.1, 0.15) is 19.3 Å². The fourth-order valence-electron chi connectivity index (χ4n) is 1.88. The second-order valence-corrected chi connectivity index (χ2v) is 5.69. The number of nitrogens with zero attached hydrogens (tertiary/aromatic N) is 1. The summed E-state index contributed by atoms with van der Waals surface area (Å²) in [5.74, 6) is -0.154. The summed E-state index contributed by atoms with van der Waals surface area (Å²) in [6, 6.07) is 5.50. The highest BCUT2D eigenvalue weighted by atomic mass is 32.1. The van der Waals surface area contributed by atoms with Crippen molar-refractivity contribution < 1.29 is 9.53 Å². The van der Waals surface area contributed by atoms with Crippen LogP contribution in [0.3, 0.4) is 0 Å². The molecule has 5 nitrogen and oxygen atoms in total. The van der Waals surface area contributed by atoms with Crippen LogP contribution in [0.4, 0.5) is 10.8 Å². The van der Waals surface area contributed by atoms with Gasteiger partial charge in [0.2, 0.25) is 0 Å². The molecule has 0 radical (unpaired) electrons. The van der Waals surface area contributed by atoms with Crippen LogP contribution in [-0.2, 0) is 9.53 Å². The summed E-state index contributed by atoms with van der Waals surface area (Å²) in [5.41, 5.74) is 7.25. The van der Waals surface area contributed by atoms with Crippen molar-refractivity contribution in [1.29, 1.82) is 0 Å². The molecule has 19 heavy (non-hydrogen) atoms. The van der Waals surface area contributed by atoms with Gasteiger partial charge in [-0.25, -0.2) is 4.98 Å². The molecule has 1 amide bonds. The van der Waals surface area contributed by atoms with E-state index in [4.69, 9.17) is 10.5 Å². The Balaban J connectivity index is 1.62. The first-order valence-electron chi connectivity index (χ1n) is 6.28. The van der Waals surface area contributed by atoms with Gasteiger partial charge in [-0.15, -0.1) is 0 Å². The predicted octanol–water partition coefficient (Wildman–Crippen LogP) is 2.39. The molecule has 100 valence electrons. The number of nitrogens with two attached hydrogens (primary N) is 1. The largest absolute Gasteiger partial charge is 0.399 e. The third kappa shape index (κ3) is 2.85. The third-order valence-corrected chi connectivity index (χ3v) is 4.09. The molecule has 1 aliphatic carbocycles. The van der Waals surface area contributed by atoms with Crippen molar-refractivity contribution >= 4 is 38.3 Å². The van der Waals surface area contributed by atoms with Gasteiger partial charge in [0.1, 0.15) is 6.61 Å². The third-order valence-electron chi connectivity index (χ3n) is 3.16. The average Bonchev–Trinajstić information content (AvgIpc) is 2.68. The van der Waals surface area contributed by atoms with Gasteiger partial charge < -0.3 is 10.5 Å². The van der Waals surface area contributed by atoms with Crippen LogP contribution in [0, 0.1) is 0 Å². The lowest BCUT2D eigenvalue weighted by atomic mass is 9.96. The van der Waals surface area contributed by atoms with Crippen molar-refractivity contribution in [3.63, 3.8) is 0 Å². The van der Waals surface area contributed by atoms with E-state index in [0.717, 1.165) is 23.1 Å². The van der Waals surface area contributed by atoms with Gasteiger partial charge in [0.25, 0.3) is 5.91 Å². The van der Waals surface area contributed by atoms with Gasteiger partial charge in [0.15, 0.2) is 5.13 Å². The monoisotopic (exact) mass is 277 g/mol. The molecule has 0 spiro atoms. The second kappa shape index (κ2) is 5.14. The molecule has 2 aromatic rings. The van der Waals surface area contributed by atoms with Crippen LogP contribution in [0.2, 0.25) is 0 Å². The molecule has 0 unspecified atom stereocenters. The average molecular weight is 277 g/mol. The van der Waals surface area contributed by atoms with Gasteiger partial charge in [-0.1, -0.05) is 11.3 Å². The topological polar surface area (TPSA) is 77.2 Å². The van der Waals surface area contributed by atoms with E-state index in [1.54, 1.807) is 6.07 Å². The van der Waals surface area contributed by atoms with Crippen LogP contribution in [0.15, 0.2) is 18.2 Å². The number of amides is 1. The van der Waals surface area contributed by atoms with Crippen molar-refractivity contribution in [2.24, 2.45) is 0 Å². The highest BCUT2D eigenvalue weighted by Gasteiger charge is 2.19. The Morgan fingerprint density at radius 1 is 1.53 bits per heavy atom. The molecule has 1 fully saturated rings. The number of thiazole rings is 1. The van der Waals surface area contributed by atoms with Crippen molar-refractivity contribution in [3.8, 4) is 0 Å².